The molecule has 0 saturated heterocycles. The van der Waals surface area contributed by atoms with Gasteiger partial charge in [-0.3, -0.25) is 24.0 Å². The SMILES string of the molecule is [B]=C(CCCCCCC/C=C\C/C=C\C=C\C(CC)C(CC(=C)O)C(=O)O)OCC(COC(=O)CCCCCCC/C=C\C=C\C(CCCCC)C(CC(=O)O)C(=O)O)OC(=O)CCCCCC/C=C/C(CCCCCCCC)C(CC(=O)O)C(=O)O. The van der Waals surface area contributed by atoms with Gasteiger partial charge in [0.25, 0.3) is 0 Å². The van der Waals surface area contributed by atoms with Crippen molar-refractivity contribution in [2.75, 3.05) is 13.2 Å². The predicted octanol–water partition coefficient (Wildman–Crippen LogP) is 16.4. The summed E-state index contributed by atoms with van der Waals surface area (Å²) in [4.78, 5) is 84.3. The van der Waals surface area contributed by atoms with Crippen molar-refractivity contribution in [2.24, 2.45) is 35.5 Å². The maximum atomic E-state index is 13.1. The summed E-state index contributed by atoms with van der Waals surface area (Å²) in [6.07, 6.45) is 49.1. The maximum absolute atomic E-state index is 13.1. The van der Waals surface area contributed by atoms with Gasteiger partial charge in [-0.25, -0.2) is 0 Å². The van der Waals surface area contributed by atoms with Gasteiger partial charge < -0.3 is 30.6 Å². The first kappa shape index (κ1) is 81.0. The van der Waals surface area contributed by atoms with Gasteiger partial charge in [0.05, 0.1) is 36.4 Å². The Morgan fingerprint density at radius 2 is 0.851 bits per heavy atom. The van der Waals surface area contributed by atoms with Crippen molar-refractivity contribution >= 4 is 54.9 Å². The van der Waals surface area contributed by atoms with Crippen LogP contribution in [0.25, 0.3) is 0 Å². The van der Waals surface area contributed by atoms with E-state index in [0.29, 0.717) is 50.6 Å². The van der Waals surface area contributed by atoms with Crippen LogP contribution in [0.1, 0.15) is 252 Å². The van der Waals surface area contributed by atoms with Crippen molar-refractivity contribution in [1.29, 1.82) is 0 Å². The molecule has 0 fully saturated rings. The summed E-state index contributed by atoms with van der Waals surface area (Å²) in [5.41, 5.74) is 0.319. The molecule has 87 heavy (non-hydrogen) atoms. The molecule has 0 aromatic rings. The van der Waals surface area contributed by atoms with Crippen LogP contribution in [-0.2, 0) is 47.8 Å². The Balaban J connectivity index is 5.17. The molecule has 0 aromatic heterocycles. The molecule has 0 amide bonds. The zero-order valence-corrected chi connectivity index (χ0v) is 53.4. The quantitative estimate of drug-likeness (QED) is 0.00825. The third kappa shape index (κ3) is 47.7. The molecule has 0 aliphatic carbocycles. The summed E-state index contributed by atoms with van der Waals surface area (Å²) in [5.74, 6) is -9.91. The smallest absolute Gasteiger partial charge is 0.481 e. The van der Waals surface area contributed by atoms with Gasteiger partial charge in [-0.1, -0.05) is 140 Å². The van der Waals surface area contributed by atoms with Crippen LogP contribution < -0.4 is 0 Å². The van der Waals surface area contributed by atoms with Gasteiger partial charge in [-0.15, -0.1) is 0 Å². The van der Waals surface area contributed by atoms with Crippen LogP contribution in [0.4, 0.5) is 0 Å². The van der Waals surface area contributed by atoms with Gasteiger partial charge in [-0.05, 0) is 49.9 Å². The van der Waals surface area contributed by atoms with Crippen molar-refractivity contribution < 1.29 is 78.4 Å². The Hall–Kier alpha value is -6.00. The van der Waals surface area contributed by atoms with Crippen molar-refractivity contribution in [3.05, 3.63) is 85.3 Å². The second-order valence-electron chi connectivity index (χ2n) is 23.2. The van der Waals surface area contributed by atoms with Gasteiger partial charge in [-0.2, -0.15) is 0 Å². The van der Waals surface area contributed by atoms with Crippen LogP contribution in [0.5, 0.6) is 0 Å². The molecular formula is C70H112BO16. The number of carbonyl (C=O) groups is 7. The summed E-state index contributed by atoms with van der Waals surface area (Å²) in [7, 11) is 6.27. The Labute approximate surface area is 523 Å². The third-order valence-electron chi connectivity index (χ3n) is 15.5. The van der Waals surface area contributed by atoms with Crippen LogP contribution in [-0.4, -0.2) is 105 Å². The molecule has 0 spiro atoms. The van der Waals surface area contributed by atoms with E-state index >= 15 is 0 Å². The molecule has 1 radical (unpaired) electrons. The van der Waals surface area contributed by atoms with Gasteiger partial charge >= 0.3 is 238 Å². The van der Waals surface area contributed by atoms with E-state index in [4.69, 9.17) is 21.7 Å². The number of carboxylic acid groups (broad SMARTS) is 5. The molecule has 0 aliphatic rings. The first-order chi connectivity index (χ1) is 41.9. The molecule has 491 valence electrons. The van der Waals surface area contributed by atoms with Crippen molar-refractivity contribution in [3.63, 3.8) is 0 Å². The van der Waals surface area contributed by atoms with Crippen LogP contribution in [0, 0.1) is 35.5 Å². The van der Waals surface area contributed by atoms with E-state index in [2.05, 4.69) is 32.6 Å². The van der Waals surface area contributed by atoms with E-state index < -0.39 is 78.5 Å². The van der Waals surface area contributed by atoms with Crippen LogP contribution in [0.15, 0.2) is 85.3 Å². The normalized spacial score (nSPS) is 14.4. The second kappa shape index (κ2) is 55.3. The average molecular weight is 1220 g/mol. The molecule has 0 bridgehead atoms. The number of allylic oxidation sites excluding steroid dienone is 13. The Kier molecular flexibility index (Phi) is 51.5. The minimum absolute atomic E-state index is 0.0302. The first-order valence-electron chi connectivity index (χ1n) is 32.9. The fourth-order valence-corrected chi connectivity index (χ4v) is 10.3. The van der Waals surface area contributed by atoms with Crippen molar-refractivity contribution in [1.82, 2.24) is 0 Å². The topological polar surface area (TPSA) is 269 Å². The van der Waals surface area contributed by atoms with E-state index in [0.717, 1.165) is 148 Å². The van der Waals surface area contributed by atoms with Gasteiger partial charge in [0.1, 0.15) is 0 Å². The number of carboxylic acids is 5. The molecule has 0 aliphatic heterocycles. The average Bonchev–Trinajstić information content (AvgIpc) is 3.61. The van der Waals surface area contributed by atoms with E-state index in [1.165, 1.54) is 6.42 Å². The zero-order chi connectivity index (χ0) is 64.7. The molecule has 6 N–H and O–H groups in total. The Bertz CT molecular complexity index is 2110. The first-order valence-corrected chi connectivity index (χ1v) is 32.9. The number of aliphatic carboxylic acids is 5. The summed E-state index contributed by atoms with van der Waals surface area (Å²) in [5, 5.41) is 57.2. The summed E-state index contributed by atoms with van der Waals surface area (Å²) in [6, 6.07) is 0. The van der Waals surface area contributed by atoms with Crippen LogP contribution in [0.3, 0.4) is 0 Å². The molecule has 7 unspecified atom stereocenters. The number of carbonyl (C=O) groups excluding carboxylic acids is 2. The standard InChI is InChI=1S/C70H112BO16/c1-5-8-10-11-27-36-45-58(62(70(83)84)52-65(75)76)46-38-30-25-26-33-41-49-67(78)87-59(53-85-63(71)47-39-31-23-19-15-13-12-14-17-21-28-35-42-56(7-3)60(68(79)80)50-55(4)72)54-86-66(77)48-40-32-24-20-16-18-22-29-37-44-57(43-34-9-6-2)61(69(81)82)51-64(73)74/h12,14,21-22,28-29,35,37-38,42,44,46,56-62,72H,4-11,13,15-20,23-27,30-34,36,39-41,43,45,47-54H2,1-3H3,(H,73,74)(H,75,76)(H,79,80)(H,81,82)(H,83,84)/b14-12-,28-21-,29-22-,42-35+,44-37+,46-38+. The number of aliphatic hydroxyl groups is 1. The monoisotopic (exact) mass is 1220 g/mol. The van der Waals surface area contributed by atoms with Crippen LogP contribution in [0.2, 0.25) is 0 Å². The molecule has 0 aromatic carbocycles. The van der Waals surface area contributed by atoms with E-state index in [9.17, 15) is 64.2 Å². The van der Waals surface area contributed by atoms with Gasteiger partial charge in [0.15, 0.2) is 0 Å². The summed E-state index contributed by atoms with van der Waals surface area (Å²) >= 11 is 0. The second-order valence-corrected chi connectivity index (χ2v) is 23.2. The number of aliphatic hydroxyl groups excluding tert-OH is 1. The van der Waals surface area contributed by atoms with Gasteiger partial charge in [0.2, 0.25) is 0 Å². The van der Waals surface area contributed by atoms with E-state index in [-0.39, 0.29) is 56.0 Å². The number of hydrogen-bond donors (Lipinski definition) is 6. The molecule has 16 nitrogen and oxygen atoms in total. The van der Waals surface area contributed by atoms with Gasteiger partial charge in [0, 0.05) is 6.42 Å². The van der Waals surface area contributed by atoms with Crippen molar-refractivity contribution in [3.8, 4) is 0 Å². The van der Waals surface area contributed by atoms with E-state index in [1.54, 1.807) is 0 Å². The van der Waals surface area contributed by atoms with Crippen molar-refractivity contribution in [2.45, 2.75) is 258 Å². The minimum atomic E-state index is -1.12. The fraction of sp³-hybridized carbons (Fsp3) is 0.686. The van der Waals surface area contributed by atoms with Crippen LogP contribution >= 0.6 is 0 Å². The number of esters is 2. The zero-order valence-electron chi connectivity index (χ0n) is 53.4. The number of rotatable bonds is 60. The molecule has 7 atom stereocenters. The molecule has 0 saturated carbocycles. The predicted molar refractivity (Wildman–Crippen MR) is 347 cm³/mol. The minimum Gasteiger partial charge on any atom is -0.481 e. The van der Waals surface area contributed by atoms with E-state index in [1.807, 2.05) is 67.7 Å². The Morgan fingerprint density at radius 1 is 0.425 bits per heavy atom. The summed E-state index contributed by atoms with van der Waals surface area (Å²) in [6.45, 7) is 9.34. The molecule has 17 heteroatoms. The molecule has 0 rings (SSSR count). The fourth-order valence-electron chi connectivity index (χ4n) is 10.3. The number of ether oxygens (including phenoxy) is 3. The number of unbranched alkanes of at least 4 members (excludes halogenated alkanes) is 21. The molecule has 0 heterocycles. The number of hydrogen-bond acceptors (Lipinski definition) is 11. The molecular weight excluding hydrogens is 1110 g/mol. The third-order valence-corrected chi connectivity index (χ3v) is 15.5. The Morgan fingerprint density at radius 3 is 1.39 bits per heavy atom. The summed E-state index contributed by atoms with van der Waals surface area (Å²) < 4.78 is 17.2.